The van der Waals surface area contributed by atoms with E-state index in [4.69, 9.17) is 4.74 Å². The lowest BCUT2D eigenvalue weighted by molar-refractivity contribution is -0.174. The van der Waals surface area contributed by atoms with Crippen molar-refractivity contribution in [3.63, 3.8) is 0 Å². The molecule has 0 bridgehead atoms. The minimum absolute atomic E-state index is 0.0806. The van der Waals surface area contributed by atoms with E-state index in [-0.39, 0.29) is 25.0 Å². The second-order valence-corrected chi connectivity index (χ2v) is 4.99. The Hall–Kier alpha value is -1.31. The monoisotopic (exact) mass is 299 g/mol. The van der Waals surface area contributed by atoms with Crippen LogP contribution in [0.5, 0.6) is 0 Å². The number of halogens is 3. The van der Waals surface area contributed by atoms with Gasteiger partial charge in [0.15, 0.2) is 0 Å². The van der Waals surface area contributed by atoms with Crippen molar-refractivity contribution >= 4 is 11.9 Å². The predicted molar refractivity (Wildman–Crippen MR) is 64.9 cm³/mol. The number of nitrogens with one attached hydrogen (secondary N) is 1. The van der Waals surface area contributed by atoms with Crippen LogP contribution in [0.15, 0.2) is 0 Å². The summed E-state index contributed by atoms with van der Waals surface area (Å²) in [6, 6.07) is 0. The zero-order valence-corrected chi connectivity index (χ0v) is 12.0. The smallest absolute Gasteiger partial charge is 0.469 e. The first-order valence-electron chi connectivity index (χ1n) is 6.06. The van der Waals surface area contributed by atoms with Crippen molar-refractivity contribution in [2.24, 2.45) is 5.92 Å². The largest absolute Gasteiger partial charge is 0.471 e. The quantitative estimate of drug-likeness (QED) is 0.573. The Morgan fingerprint density at radius 1 is 1.25 bits per heavy atom. The summed E-state index contributed by atoms with van der Waals surface area (Å²) in [5.74, 6) is -2.77. The van der Waals surface area contributed by atoms with Gasteiger partial charge in [-0.3, -0.25) is 9.59 Å². The lowest BCUT2D eigenvalue weighted by Gasteiger charge is -2.27. The van der Waals surface area contributed by atoms with Crippen LogP contribution in [0.2, 0.25) is 0 Å². The first kappa shape index (κ1) is 18.7. The third kappa shape index (κ3) is 7.32. The summed E-state index contributed by atoms with van der Waals surface area (Å²) in [4.78, 5) is 21.8. The zero-order valence-electron chi connectivity index (χ0n) is 12.0. The van der Waals surface area contributed by atoms with Crippen molar-refractivity contribution in [1.29, 1.82) is 0 Å². The molecule has 0 aliphatic carbocycles. The van der Waals surface area contributed by atoms with Crippen molar-refractivity contribution in [3.8, 4) is 0 Å². The number of carbonyl (C=O) groups is 2. The van der Waals surface area contributed by atoms with Crippen LogP contribution in [0.4, 0.5) is 13.2 Å². The first-order valence-corrected chi connectivity index (χ1v) is 6.06. The molecular weight excluding hydrogens is 279 g/mol. The summed E-state index contributed by atoms with van der Waals surface area (Å²) in [6.07, 6.45) is -4.54. The van der Waals surface area contributed by atoms with Crippen LogP contribution in [0.25, 0.3) is 0 Å². The van der Waals surface area contributed by atoms with E-state index < -0.39 is 17.7 Å². The molecule has 1 atom stereocenters. The molecule has 0 saturated heterocycles. The van der Waals surface area contributed by atoms with Gasteiger partial charge in [-0.25, -0.2) is 0 Å². The molecule has 0 aromatic rings. The molecule has 0 saturated carbocycles. The van der Waals surface area contributed by atoms with Gasteiger partial charge in [0.25, 0.3) is 0 Å². The van der Waals surface area contributed by atoms with Gasteiger partial charge in [0.2, 0.25) is 0 Å². The van der Waals surface area contributed by atoms with Gasteiger partial charge < -0.3 is 14.8 Å². The Labute approximate surface area is 115 Å². The van der Waals surface area contributed by atoms with Gasteiger partial charge in [0.1, 0.15) is 0 Å². The predicted octanol–water partition coefficient (Wildman–Crippen LogP) is 1.66. The van der Waals surface area contributed by atoms with E-state index >= 15 is 0 Å². The molecule has 0 aromatic carbocycles. The standard InChI is InChI=1S/C12H20F3NO4/c1-8(9(17)19-4)7-11(2,3)20-6-5-16-10(18)12(13,14)15/h8H,5-7H2,1-4H3,(H,16,18). The van der Waals surface area contributed by atoms with Crippen molar-refractivity contribution in [1.82, 2.24) is 5.32 Å². The van der Waals surface area contributed by atoms with E-state index in [1.807, 2.05) is 0 Å². The van der Waals surface area contributed by atoms with Crippen LogP contribution in [0.1, 0.15) is 27.2 Å². The van der Waals surface area contributed by atoms with Gasteiger partial charge in [-0.2, -0.15) is 13.2 Å². The highest BCUT2D eigenvalue weighted by atomic mass is 19.4. The summed E-state index contributed by atoms with van der Waals surface area (Å²) in [5, 5.41) is 1.70. The third-order valence-corrected chi connectivity index (χ3v) is 2.54. The molecule has 118 valence electrons. The number of hydrogen-bond donors (Lipinski definition) is 1. The molecule has 0 rings (SSSR count). The van der Waals surface area contributed by atoms with E-state index in [1.54, 1.807) is 26.1 Å². The molecule has 0 aromatic heterocycles. The fourth-order valence-electron chi connectivity index (χ4n) is 1.67. The van der Waals surface area contributed by atoms with Crippen LogP contribution in [-0.4, -0.2) is 43.9 Å². The highest BCUT2D eigenvalue weighted by Gasteiger charge is 2.38. The molecule has 0 fully saturated rings. The Morgan fingerprint density at radius 3 is 2.25 bits per heavy atom. The molecule has 1 N–H and O–H groups in total. The molecule has 1 unspecified atom stereocenters. The lowest BCUT2D eigenvalue weighted by Crippen LogP contribution is -2.40. The SMILES string of the molecule is COC(=O)C(C)CC(C)(C)OCCNC(=O)C(F)(F)F. The molecular formula is C12H20F3NO4. The van der Waals surface area contributed by atoms with E-state index in [2.05, 4.69) is 4.74 Å². The number of rotatable bonds is 7. The Bertz CT molecular complexity index is 342. The van der Waals surface area contributed by atoms with E-state index in [0.29, 0.717) is 6.42 Å². The van der Waals surface area contributed by atoms with Gasteiger partial charge in [-0.1, -0.05) is 6.92 Å². The lowest BCUT2D eigenvalue weighted by atomic mass is 9.95. The van der Waals surface area contributed by atoms with Crippen molar-refractivity contribution < 1.29 is 32.2 Å². The minimum Gasteiger partial charge on any atom is -0.469 e. The molecule has 5 nitrogen and oxygen atoms in total. The summed E-state index contributed by atoms with van der Waals surface area (Å²) in [7, 11) is 1.28. The second kappa shape index (κ2) is 7.47. The zero-order chi connectivity index (χ0) is 16.0. The van der Waals surface area contributed by atoms with Crippen molar-refractivity contribution in [2.45, 2.75) is 39.0 Å². The first-order chi connectivity index (χ1) is 8.99. The van der Waals surface area contributed by atoms with Crippen LogP contribution < -0.4 is 5.32 Å². The number of carbonyl (C=O) groups excluding carboxylic acids is 2. The summed E-state index contributed by atoms with van der Waals surface area (Å²) < 4.78 is 45.7. The van der Waals surface area contributed by atoms with Crippen LogP contribution in [0, 0.1) is 5.92 Å². The van der Waals surface area contributed by atoms with Crippen LogP contribution in [0.3, 0.4) is 0 Å². The number of esters is 1. The van der Waals surface area contributed by atoms with E-state index in [0.717, 1.165) is 0 Å². The molecule has 0 aliphatic heterocycles. The number of amides is 1. The van der Waals surface area contributed by atoms with E-state index in [1.165, 1.54) is 7.11 Å². The molecule has 1 amide bonds. The summed E-state index contributed by atoms with van der Waals surface area (Å²) in [6.45, 7) is 4.75. The third-order valence-electron chi connectivity index (χ3n) is 2.54. The molecule has 8 heteroatoms. The normalized spacial score (nSPS) is 13.8. The van der Waals surface area contributed by atoms with Crippen molar-refractivity contribution in [2.75, 3.05) is 20.3 Å². The fraction of sp³-hybridized carbons (Fsp3) is 0.833. The molecule has 0 spiro atoms. The molecule has 20 heavy (non-hydrogen) atoms. The Balaban J connectivity index is 4.05. The molecule has 0 aliphatic rings. The maximum absolute atomic E-state index is 11.9. The number of ether oxygens (including phenoxy) is 2. The average Bonchev–Trinajstić information content (AvgIpc) is 2.31. The Morgan fingerprint density at radius 2 is 1.80 bits per heavy atom. The summed E-state index contributed by atoms with van der Waals surface area (Å²) in [5.41, 5.74) is -0.712. The molecule has 0 radical (unpaired) electrons. The van der Waals surface area contributed by atoms with Gasteiger partial charge in [-0.05, 0) is 20.3 Å². The second-order valence-electron chi connectivity index (χ2n) is 4.99. The highest BCUT2D eigenvalue weighted by Crippen LogP contribution is 2.21. The number of alkyl halides is 3. The van der Waals surface area contributed by atoms with E-state index in [9.17, 15) is 22.8 Å². The van der Waals surface area contributed by atoms with Gasteiger partial charge in [-0.15, -0.1) is 0 Å². The maximum Gasteiger partial charge on any atom is 0.471 e. The number of hydrogen-bond acceptors (Lipinski definition) is 4. The number of methoxy groups -OCH3 is 1. The fourth-order valence-corrected chi connectivity index (χ4v) is 1.67. The van der Waals surface area contributed by atoms with Gasteiger partial charge in [0, 0.05) is 6.54 Å². The van der Waals surface area contributed by atoms with Crippen LogP contribution >= 0.6 is 0 Å². The highest BCUT2D eigenvalue weighted by molar-refractivity contribution is 5.81. The molecule has 0 heterocycles. The Kier molecular flexibility index (Phi) is 6.98. The topological polar surface area (TPSA) is 64.6 Å². The van der Waals surface area contributed by atoms with Crippen molar-refractivity contribution in [3.05, 3.63) is 0 Å². The van der Waals surface area contributed by atoms with Gasteiger partial charge in [0.05, 0.1) is 25.2 Å². The van der Waals surface area contributed by atoms with Gasteiger partial charge >= 0.3 is 18.1 Å². The minimum atomic E-state index is -4.89. The average molecular weight is 299 g/mol. The van der Waals surface area contributed by atoms with Crippen LogP contribution in [-0.2, 0) is 19.1 Å². The summed E-state index contributed by atoms with van der Waals surface area (Å²) >= 11 is 0. The maximum atomic E-state index is 11.9.